The van der Waals surface area contributed by atoms with Crippen molar-refractivity contribution in [2.45, 2.75) is 6.54 Å². The highest BCUT2D eigenvalue weighted by Crippen LogP contribution is 2.20. The highest BCUT2D eigenvalue weighted by Gasteiger charge is 2.13. The molecule has 0 radical (unpaired) electrons. The average molecular weight is 434 g/mol. The van der Waals surface area contributed by atoms with Gasteiger partial charge in [-0.2, -0.15) is 0 Å². The molecule has 0 saturated heterocycles. The van der Waals surface area contributed by atoms with E-state index < -0.39 is 0 Å². The molecule has 8 heteroatoms. The van der Waals surface area contributed by atoms with Gasteiger partial charge in [0, 0.05) is 54.1 Å². The molecule has 0 aliphatic carbocycles. The standard InChI is InChI=1S/C23H20ClN5O2/c1-28(22(30)17-2-4-18(24)5-3-17)20-8-6-19(7-9-20)27-23(31)26-15-16-10-12-29-13-11-25-21(29)14-16/h2-14H,15H2,1H3,(H2,26,27,31). The van der Waals surface area contributed by atoms with Crippen LogP contribution < -0.4 is 15.5 Å². The maximum absolute atomic E-state index is 12.6. The Kier molecular flexibility index (Phi) is 5.86. The highest BCUT2D eigenvalue weighted by molar-refractivity contribution is 6.30. The molecule has 0 atom stereocenters. The van der Waals surface area contributed by atoms with Crippen molar-refractivity contribution in [2.24, 2.45) is 0 Å². The second-order valence-corrected chi connectivity index (χ2v) is 7.39. The van der Waals surface area contributed by atoms with E-state index in [1.54, 1.807) is 66.7 Å². The maximum atomic E-state index is 12.6. The van der Waals surface area contributed by atoms with Crippen molar-refractivity contribution in [1.82, 2.24) is 14.7 Å². The molecular formula is C23H20ClN5O2. The first-order valence-corrected chi connectivity index (χ1v) is 9.97. The van der Waals surface area contributed by atoms with Crippen LogP contribution in [0.1, 0.15) is 15.9 Å². The van der Waals surface area contributed by atoms with Crippen LogP contribution >= 0.6 is 11.6 Å². The molecule has 2 aromatic heterocycles. The Morgan fingerprint density at radius 1 is 1.03 bits per heavy atom. The molecule has 0 spiro atoms. The number of hydrogen-bond donors (Lipinski definition) is 2. The Hall–Kier alpha value is -3.84. The Bertz CT molecular complexity index is 1220. The topological polar surface area (TPSA) is 78.7 Å². The molecule has 0 aliphatic rings. The Morgan fingerprint density at radius 2 is 1.77 bits per heavy atom. The third-order valence-corrected chi connectivity index (χ3v) is 5.08. The first-order valence-electron chi connectivity index (χ1n) is 9.60. The lowest BCUT2D eigenvalue weighted by molar-refractivity contribution is 0.0993. The van der Waals surface area contributed by atoms with Crippen LogP contribution in [0.25, 0.3) is 5.65 Å². The van der Waals surface area contributed by atoms with E-state index in [1.807, 2.05) is 28.9 Å². The number of nitrogens with one attached hydrogen (secondary N) is 2. The summed E-state index contributed by atoms with van der Waals surface area (Å²) in [4.78, 5) is 30.6. The van der Waals surface area contributed by atoms with E-state index in [9.17, 15) is 9.59 Å². The number of urea groups is 1. The Balaban J connectivity index is 1.33. The van der Waals surface area contributed by atoms with Gasteiger partial charge in [0.2, 0.25) is 0 Å². The summed E-state index contributed by atoms with van der Waals surface area (Å²) < 4.78 is 1.90. The number of anilines is 2. The summed E-state index contributed by atoms with van der Waals surface area (Å²) in [5, 5.41) is 6.19. The molecule has 0 saturated carbocycles. The normalized spacial score (nSPS) is 10.6. The quantitative estimate of drug-likeness (QED) is 0.483. The zero-order chi connectivity index (χ0) is 21.8. The van der Waals surface area contributed by atoms with Crippen molar-refractivity contribution >= 4 is 40.6 Å². The fourth-order valence-electron chi connectivity index (χ4n) is 3.09. The zero-order valence-corrected chi connectivity index (χ0v) is 17.5. The molecule has 4 aromatic rings. The molecule has 0 bridgehead atoms. The lowest BCUT2D eigenvalue weighted by atomic mass is 10.2. The van der Waals surface area contributed by atoms with Gasteiger partial charge in [-0.25, -0.2) is 9.78 Å². The van der Waals surface area contributed by atoms with Crippen LogP contribution in [0.5, 0.6) is 0 Å². The molecule has 31 heavy (non-hydrogen) atoms. The van der Waals surface area contributed by atoms with Crippen LogP contribution in [0.3, 0.4) is 0 Å². The van der Waals surface area contributed by atoms with E-state index in [0.717, 1.165) is 11.2 Å². The van der Waals surface area contributed by atoms with Crippen LogP contribution in [0, 0.1) is 0 Å². The molecule has 0 aliphatic heterocycles. The fourth-order valence-corrected chi connectivity index (χ4v) is 3.22. The Morgan fingerprint density at radius 3 is 2.52 bits per heavy atom. The molecule has 2 N–H and O–H groups in total. The van der Waals surface area contributed by atoms with Crippen molar-refractivity contribution in [1.29, 1.82) is 0 Å². The third kappa shape index (κ3) is 4.84. The number of benzene rings is 2. The summed E-state index contributed by atoms with van der Waals surface area (Å²) in [6.45, 7) is 0.381. The summed E-state index contributed by atoms with van der Waals surface area (Å²) in [5.74, 6) is -0.149. The monoisotopic (exact) mass is 433 g/mol. The van der Waals surface area contributed by atoms with E-state index >= 15 is 0 Å². The number of pyridine rings is 1. The number of nitrogens with zero attached hydrogens (tertiary/aromatic N) is 3. The lowest BCUT2D eigenvalue weighted by Gasteiger charge is -2.18. The molecule has 2 aromatic carbocycles. The summed E-state index contributed by atoms with van der Waals surface area (Å²) in [6.07, 6.45) is 5.49. The first-order chi connectivity index (χ1) is 15.0. The van der Waals surface area contributed by atoms with Crippen molar-refractivity contribution in [3.8, 4) is 0 Å². The molecule has 0 fully saturated rings. The van der Waals surface area contributed by atoms with Gasteiger partial charge >= 0.3 is 6.03 Å². The van der Waals surface area contributed by atoms with Gasteiger partial charge in [-0.1, -0.05) is 11.6 Å². The smallest absolute Gasteiger partial charge is 0.319 e. The van der Waals surface area contributed by atoms with Crippen LogP contribution in [-0.2, 0) is 6.54 Å². The third-order valence-electron chi connectivity index (χ3n) is 4.82. The van der Waals surface area contributed by atoms with Crippen molar-refractivity contribution in [3.05, 3.63) is 95.4 Å². The van der Waals surface area contributed by atoms with Gasteiger partial charge in [-0.05, 0) is 66.2 Å². The largest absolute Gasteiger partial charge is 0.334 e. The second-order valence-electron chi connectivity index (χ2n) is 6.95. The molecular weight excluding hydrogens is 414 g/mol. The molecule has 4 rings (SSSR count). The predicted octanol–water partition coefficient (Wildman–Crippen LogP) is 4.59. The predicted molar refractivity (Wildman–Crippen MR) is 122 cm³/mol. The van der Waals surface area contributed by atoms with E-state index in [1.165, 1.54) is 0 Å². The summed E-state index contributed by atoms with van der Waals surface area (Å²) in [5.41, 5.74) is 3.65. The van der Waals surface area contributed by atoms with Crippen LogP contribution in [0.4, 0.5) is 16.2 Å². The summed E-state index contributed by atoms with van der Waals surface area (Å²) >= 11 is 5.88. The second kappa shape index (κ2) is 8.89. The van der Waals surface area contributed by atoms with Crippen LogP contribution in [0.2, 0.25) is 5.02 Å². The van der Waals surface area contributed by atoms with Gasteiger partial charge in [-0.3, -0.25) is 4.79 Å². The minimum Gasteiger partial charge on any atom is -0.334 e. The summed E-state index contributed by atoms with van der Waals surface area (Å²) in [7, 11) is 1.70. The molecule has 2 heterocycles. The minimum absolute atomic E-state index is 0.149. The van der Waals surface area contributed by atoms with Gasteiger partial charge in [0.05, 0.1) is 0 Å². The van der Waals surface area contributed by atoms with Crippen LogP contribution in [0.15, 0.2) is 79.3 Å². The number of carbonyl (C=O) groups is 2. The lowest BCUT2D eigenvalue weighted by Crippen LogP contribution is -2.28. The van der Waals surface area contributed by atoms with Gasteiger partial charge in [0.1, 0.15) is 5.65 Å². The number of hydrogen-bond acceptors (Lipinski definition) is 3. The van der Waals surface area contributed by atoms with E-state index in [4.69, 9.17) is 11.6 Å². The van der Waals surface area contributed by atoms with Crippen LogP contribution in [-0.4, -0.2) is 28.4 Å². The Labute approximate surface area is 184 Å². The highest BCUT2D eigenvalue weighted by atomic mass is 35.5. The average Bonchev–Trinajstić information content (AvgIpc) is 3.26. The SMILES string of the molecule is CN(C(=O)c1ccc(Cl)cc1)c1ccc(NC(=O)NCc2ccn3ccnc3c2)cc1. The number of halogens is 1. The van der Waals surface area contributed by atoms with Crippen molar-refractivity contribution in [3.63, 3.8) is 0 Å². The van der Waals surface area contributed by atoms with Crippen molar-refractivity contribution < 1.29 is 9.59 Å². The van der Waals surface area contributed by atoms with Gasteiger partial charge in [0.15, 0.2) is 0 Å². The number of imidazole rings is 1. The van der Waals surface area contributed by atoms with E-state index in [2.05, 4.69) is 15.6 Å². The van der Waals surface area contributed by atoms with Crippen molar-refractivity contribution in [2.75, 3.05) is 17.3 Å². The number of rotatable bonds is 5. The number of fused-ring (bicyclic) bond motifs is 1. The number of carbonyl (C=O) groups excluding carboxylic acids is 2. The maximum Gasteiger partial charge on any atom is 0.319 e. The first kappa shape index (κ1) is 20.4. The minimum atomic E-state index is -0.318. The van der Waals surface area contributed by atoms with Gasteiger partial charge < -0.3 is 19.9 Å². The van der Waals surface area contributed by atoms with E-state index in [0.29, 0.717) is 28.5 Å². The van der Waals surface area contributed by atoms with E-state index in [-0.39, 0.29) is 11.9 Å². The zero-order valence-electron chi connectivity index (χ0n) is 16.7. The number of amides is 3. The molecule has 0 unspecified atom stereocenters. The molecule has 7 nitrogen and oxygen atoms in total. The fraction of sp³-hybridized carbons (Fsp3) is 0.0870. The van der Waals surface area contributed by atoms with Gasteiger partial charge in [0.25, 0.3) is 5.91 Å². The summed E-state index contributed by atoms with van der Waals surface area (Å²) in [6, 6.07) is 17.3. The molecule has 156 valence electrons. The number of aromatic nitrogens is 2. The molecule has 3 amide bonds. The van der Waals surface area contributed by atoms with Gasteiger partial charge in [-0.15, -0.1) is 0 Å².